The van der Waals surface area contributed by atoms with Gasteiger partial charge in [-0.1, -0.05) is 13.3 Å². The second-order valence-corrected chi connectivity index (χ2v) is 3.84. The van der Waals surface area contributed by atoms with Crippen LogP contribution >= 0.6 is 0 Å². The van der Waals surface area contributed by atoms with Crippen LogP contribution in [0, 0.1) is 0 Å². The average molecular weight is 208 g/mol. The van der Waals surface area contributed by atoms with Crippen molar-refractivity contribution in [2.75, 3.05) is 18.5 Å². The van der Waals surface area contributed by atoms with Crippen molar-refractivity contribution in [2.45, 2.75) is 32.7 Å². The van der Waals surface area contributed by atoms with Crippen molar-refractivity contribution < 1.29 is 0 Å². The summed E-state index contributed by atoms with van der Waals surface area (Å²) in [5.41, 5.74) is 6.78. The van der Waals surface area contributed by atoms with Crippen LogP contribution in [0.25, 0.3) is 0 Å². The van der Waals surface area contributed by atoms with Gasteiger partial charge in [0, 0.05) is 32.0 Å². The van der Waals surface area contributed by atoms with Crippen molar-refractivity contribution in [3.05, 3.63) is 18.0 Å². The van der Waals surface area contributed by atoms with E-state index in [9.17, 15) is 0 Å². The molecule has 1 heterocycles. The minimum Gasteiger partial charge on any atom is -0.340 e. The van der Waals surface area contributed by atoms with Crippen LogP contribution in [-0.2, 0) is 6.42 Å². The Morgan fingerprint density at radius 2 is 2.00 bits per heavy atom. The minimum absolute atomic E-state index is 0.266. The first-order valence-electron chi connectivity index (χ1n) is 5.42. The maximum Gasteiger partial charge on any atom is 0.225 e. The molecule has 1 aromatic heterocycles. The summed E-state index contributed by atoms with van der Waals surface area (Å²) in [6, 6.07) is 0.266. The summed E-state index contributed by atoms with van der Waals surface area (Å²) >= 11 is 0. The second-order valence-electron chi connectivity index (χ2n) is 3.84. The van der Waals surface area contributed by atoms with E-state index in [0.717, 1.165) is 18.8 Å². The standard InChI is InChI=1S/C11H20N4/c1-4-5-10-7-13-11(14-8-10)15(3)9(2)6-12/h7-9H,4-6,12H2,1-3H3. The zero-order valence-electron chi connectivity index (χ0n) is 9.77. The largest absolute Gasteiger partial charge is 0.340 e. The zero-order chi connectivity index (χ0) is 11.3. The monoisotopic (exact) mass is 208 g/mol. The summed E-state index contributed by atoms with van der Waals surface area (Å²) in [5.74, 6) is 0.743. The Bertz CT molecular complexity index is 283. The van der Waals surface area contributed by atoms with E-state index in [1.807, 2.05) is 24.3 Å². The van der Waals surface area contributed by atoms with E-state index >= 15 is 0 Å². The number of nitrogens with zero attached hydrogens (tertiary/aromatic N) is 3. The summed E-state index contributed by atoms with van der Waals surface area (Å²) in [4.78, 5) is 10.6. The molecular formula is C11H20N4. The van der Waals surface area contributed by atoms with Gasteiger partial charge in [-0.3, -0.25) is 0 Å². The summed E-state index contributed by atoms with van der Waals surface area (Å²) in [5, 5.41) is 0. The molecule has 0 saturated carbocycles. The van der Waals surface area contributed by atoms with Crippen LogP contribution in [0.4, 0.5) is 5.95 Å². The van der Waals surface area contributed by atoms with Crippen LogP contribution in [0.3, 0.4) is 0 Å². The van der Waals surface area contributed by atoms with E-state index < -0.39 is 0 Å². The number of likely N-dealkylation sites (N-methyl/N-ethyl adjacent to an activating group) is 1. The fraction of sp³-hybridized carbons (Fsp3) is 0.636. The molecule has 0 spiro atoms. The Labute approximate surface area is 91.5 Å². The fourth-order valence-corrected chi connectivity index (χ4v) is 1.30. The molecule has 1 aromatic rings. The number of nitrogens with two attached hydrogens (primary N) is 1. The first-order chi connectivity index (χ1) is 7.19. The molecule has 0 fully saturated rings. The number of aromatic nitrogens is 2. The summed E-state index contributed by atoms with van der Waals surface area (Å²) in [6.07, 6.45) is 5.95. The van der Waals surface area contributed by atoms with E-state index in [-0.39, 0.29) is 6.04 Å². The highest BCUT2D eigenvalue weighted by molar-refractivity contribution is 5.30. The molecule has 1 atom stereocenters. The quantitative estimate of drug-likeness (QED) is 0.790. The van der Waals surface area contributed by atoms with Gasteiger partial charge in [0.05, 0.1) is 0 Å². The van der Waals surface area contributed by atoms with Crippen LogP contribution < -0.4 is 10.6 Å². The third-order valence-corrected chi connectivity index (χ3v) is 2.55. The van der Waals surface area contributed by atoms with E-state index in [1.165, 1.54) is 5.56 Å². The Morgan fingerprint density at radius 1 is 1.40 bits per heavy atom. The van der Waals surface area contributed by atoms with E-state index in [0.29, 0.717) is 6.54 Å². The van der Waals surface area contributed by atoms with Crippen molar-refractivity contribution in [3.63, 3.8) is 0 Å². The van der Waals surface area contributed by atoms with E-state index in [2.05, 4.69) is 23.8 Å². The number of hydrogen-bond donors (Lipinski definition) is 1. The van der Waals surface area contributed by atoms with Gasteiger partial charge in [-0.2, -0.15) is 0 Å². The highest BCUT2D eigenvalue weighted by atomic mass is 15.2. The SMILES string of the molecule is CCCc1cnc(N(C)C(C)CN)nc1. The molecule has 1 rings (SSSR count). The van der Waals surface area contributed by atoms with Crippen LogP contribution in [0.15, 0.2) is 12.4 Å². The predicted molar refractivity (Wildman–Crippen MR) is 62.9 cm³/mol. The lowest BCUT2D eigenvalue weighted by atomic mass is 10.2. The van der Waals surface area contributed by atoms with Gasteiger partial charge in [0.25, 0.3) is 0 Å². The molecule has 0 saturated heterocycles. The second kappa shape index (κ2) is 5.66. The third-order valence-electron chi connectivity index (χ3n) is 2.55. The van der Waals surface area contributed by atoms with Crippen LogP contribution in [0.2, 0.25) is 0 Å². The predicted octanol–water partition coefficient (Wildman–Crippen LogP) is 1.21. The lowest BCUT2D eigenvalue weighted by Gasteiger charge is -2.23. The van der Waals surface area contributed by atoms with Gasteiger partial charge in [0.1, 0.15) is 0 Å². The zero-order valence-corrected chi connectivity index (χ0v) is 9.77. The van der Waals surface area contributed by atoms with Gasteiger partial charge in [-0.15, -0.1) is 0 Å². The highest BCUT2D eigenvalue weighted by Crippen LogP contribution is 2.08. The van der Waals surface area contributed by atoms with Crippen molar-refractivity contribution in [1.82, 2.24) is 9.97 Å². The van der Waals surface area contributed by atoms with Crippen LogP contribution in [0.1, 0.15) is 25.8 Å². The van der Waals surface area contributed by atoms with Gasteiger partial charge >= 0.3 is 0 Å². The molecular weight excluding hydrogens is 188 g/mol. The maximum atomic E-state index is 5.59. The van der Waals surface area contributed by atoms with Crippen molar-refractivity contribution >= 4 is 5.95 Å². The molecule has 15 heavy (non-hydrogen) atoms. The van der Waals surface area contributed by atoms with Crippen molar-refractivity contribution in [2.24, 2.45) is 5.73 Å². The van der Waals surface area contributed by atoms with E-state index in [4.69, 9.17) is 5.73 Å². The number of aryl methyl sites for hydroxylation is 1. The molecule has 0 radical (unpaired) electrons. The molecule has 0 amide bonds. The van der Waals surface area contributed by atoms with Gasteiger partial charge in [0.2, 0.25) is 5.95 Å². The topological polar surface area (TPSA) is 55.0 Å². The van der Waals surface area contributed by atoms with Crippen LogP contribution in [0.5, 0.6) is 0 Å². The summed E-state index contributed by atoms with van der Waals surface area (Å²) in [6.45, 7) is 4.82. The molecule has 4 nitrogen and oxygen atoms in total. The molecule has 84 valence electrons. The number of hydrogen-bond acceptors (Lipinski definition) is 4. The molecule has 0 bridgehead atoms. The Kier molecular flexibility index (Phi) is 4.49. The third kappa shape index (κ3) is 3.16. The highest BCUT2D eigenvalue weighted by Gasteiger charge is 2.10. The van der Waals surface area contributed by atoms with Crippen LogP contribution in [-0.4, -0.2) is 29.6 Å². The van der Waals surface area contributed by atoms with Gasteiger partial charge in [-0.25, -0.2) is 9.97 Å². The summed E-state index contributed by atoms with van der Waals surface area (Å²) < 4.78 is 0. The molecule has 1 unspecified atom stereocenters. The number of anilines is 1. The number of rotatable bonds is 5. The normalized spacial score (nSPS) is 12.5. The van der Waals surface area contributed by atoms with E-state index in [1.54, 1.807) is 0 Å². The smallest absolute Gasteiger partial charge is 0.225 e. The molecule has 0 aliphatic rings. The summed E-state index contributed by atoms with van der Waals surface area (Å²) in [7, 11) is 1.96. The minimum atomic E-state index is 0.266. The molecule has 0 aromatic carbocycles. The fourth-order valence-electron chi connectivity index (χ4n) is 1.30. The Morgan fingerprint density at radius 3 is 2.47 bits per heavy atom. The van der Waals surface area contributed by atoms with Gasteiger partial charge < -0.3 is 10.6 Å². The van der Waals surface area contributed by atoms with Crippen molar-refractivity contribution in [1.29, 1.82) is 0 Å². The maximum absolute atomic E-state index is 5.59. The molecule has 2 N–H and O–H groups in total. The Balaban J connectivity index is 2.70. The average Bonchev–Trinajstić information content (AvgIpc) is 2.28. The van der Waals surface area contributed by atoms with Crippen molar-refractivity contribution in [3.8, 4) is 0 Å². The first-order valence-corrected chi connectivity index (χ1v) is 5.42. The molecule has 4 heteroatoms. The molecule has 0 aliphatic heterocycles. The van der Waals surface area contributed by atoms with Gasteiger partial charge in [-0.05, 0) is 18.9 Å². The first kappa shape index (κ1) is 11.9. The Hall–Kier alpha value is -1.16. The van der Waals surface area contributed by atoms with Gasteiger partial charge in [0.15, 0.2) is 0 Å². The molecule has 0 aliphatic carbocycles. The lowest BCUT2D eigenvalue weighted by Crippen LogP contribution is -2.36. The lowest BCUT2D eigenvalue weighted by molar-refractivity contribution is 0.676.